The second-order valence-electron chi connectivity index (χ2n) is 13.0. The smallest absolute Gasteiger partial charge is 0.407 e. The molecule has 1 atom stereocenters. The minimum atomic E-state index is -1.20. The lowest BCUT2D eigenvalue weighted by atomic mass is 10.0. The Morgan fingerprint density at radius 3 is 2.61 bits per heavy atom. The number of hydrogen-bond acceptors (Lipinski definition) is 6. The number of imidazole rings is 1. The summed E-state index contributed by atoms with van der Waals surface area (Å²) in [6.45, 7) is 16.4. The summed E-state index contributed by atoms with van der Waals surface area (Å²) in [5, 5.41) is 3.05. The molecule has 1 fully saturated rings. The van der Waals surface area contributed by atoms with Gasteiger partial charge in [0.05, 0.1) is 11.9 Å². The third-order valence-electron chi connectivity index (χ3n) is 6.90. The van der Waals surface area contributed by atoms with Crippen molar-refractivity contribution in [2.24, 2.45) is 0 Å². The Morgan fingerprint density at radius 2 is 1.90 bits per heavy atom. The lowest BCUT2D eigenvalue weighted by Crippen LogP contribution is -2.48. The van der Waals surface area contributed by atoms with E-state index in [-0.39, 0.29) is 12.1 Å². The predicted octanol–water partition coefficient (Wildman–Crippen LogP) is 7.18. The molecule has 8 nitrogen and oxygen atoms in total. The molecular formula is C31H44BrN5O3Si. The van der Waals surface area contributed by atoms with E-state index >= 15 is 0 Å². The number of alkyl carbamates (subject to hydrolysis) is 1. The molecule has 10 heteroatoms. The third-order valence-corrected chi connectivity index (χ3v) is 9.13. The summed E-state index contributed by atoms with van der Waals surface area (Å²) in [5.41, 5.74) is 3.55. The standard InChI is InChI=1S/C31H44BrN5O3Si/c1-31(2,3)40-30(38)35-26-8-7-15-36(21-26)20-23-13-14-33-27(18-23)29-34-19-28(24-9-11-25(32)12-10-24)37(29)22-39-16-17-41(4,5)6/h9-14,18-19,26H,7-8,15-17,20-22H2,1-6H3,(H,35,38)/t26-/m1/s1. The molecule has 1 saturated heterocycles. The first-order valence-electron chi connectivity index (χ1n) is 14.4. The Morgan fingerprint density at radius 1 is 1.15 bits per heavy atom. The van der Waals surface area contributed by atoms with Crippen LogP contribution in [0.25, 0.3) is 22.8 Å². The van der Waals surface area contributed by atoms with Crippen molar-refractivity contribution in [3.63, 3.8) is 0 Å². The normalized spacial score (nSPS) is 16.5. The number of ether oxygens (including phenoxy) is 2. The number of halogens is 1. The average Bonchev–Trinajstić information content (AvgIpc) is 3.29. The molecule has 0 unspecified atom stereocenters. The van der Waals surface area contributed by atoms with E-state index < -0.39 is 13.7 Å². The highest BCUT2D eigenvalue weighted by Gasteiger charge is 2.25. The van der Waals surface area contributed by atoms with Gasteiger partial charge in [0.2, 0.25) is 0 Å². The summed E-state index contributed by atoms with van der Waals surface area (Å²) in [5.74, 6) is 0.792. The molecule has 1 N–H and O–H groups in total. The van der Waals surface area contributed by atoms with Crippen LogP contribution in [0.15, 0.2) is 53.3 Å². The first kappa shape index (κ1) is 31.4. The van der Waals surface area contributed by atoms with E-state index in [0.717, 1.165) is 77.9 Å². The Hall–Kier alpha value is -2.53. The fraction of sp³-hybridized carbons (Fsp3) is 0.516. The van der Waals surface area contributed by atoms with Gasteiger partial charge in [-0.05, 0) is 81.6 Å². The number of nitrogens with one attached hydrogen (secondary N) is 1. The number of carbonyl (C=O) groups is 1. The van der Waals surface area contributed by atoms with Gasteiger partial charge < -0.3 is 14.8 Å². The number of carbonyl (C=O) groups excluding carboxylic acids is 1. The van der Waals surface area contributed by atoms with Gasteiger partial charge in [0, 0.05) is 44.5 Å². The quantitative estimate of drug-likeness (QED) is 0.187. The summed E-state index contributed by atoms with van der Waals surface area (Å²) >= 11 is 3.54. The zero-order valence-corrected chi connectivity index (χ0v) is 27.8. The average molecular weight is 643 g/mol. The number of pyridine rings is 1. The fourth-order valence-electron chi connectivity index (χ4n) is 4.84. The Kier molecular flexibility index (Phi) is 10.4. The van der Waals surface area contributed by atoms with E-state index in [2.05, 4.69) is 74.6 Å². The molecule has 4 rings (SSSR count). The van der Waals surface area contributed by atoms with Gasteiger partial charge in [0.1, 0.15) is 18.0 Å². The second-order valence-corrected chi connectivity index (χ2v) is 19.6. The molecule has 1 aromatic carbocycles. The van der Waals surface area contributed by atoms with Crippen molar-refractivity contribution < 1.29 is 14.3 Å². The van der Waals surface area contributed by atoms with Crippen molar-refractivity contribution in [1.29, 1.82) is 0 Å². The zero-order valence-electron chi connectivity index (χ0n) is 25.2. The summed E-state index contributed by atoms with van der Waals surface area (Å²) in [6, 6.07) is 13.6. The van der Waals surface area contributed by atoms with Crippen molar-refractivity contribution >= 4 is 30.1 Å². The van der Waals surface area contributed by atoms with Crippen LogP contribution in [0.2, 0.25) is 25.7 Å². The molecular weight excluding hydrogens is 598 g/mol. The minimum absolute atomic E-state index is 0.0700. The lowest BCUT2D eigenvalue weighted by Gasteiger charge is -2.33. The van der Waals surface area contributed by atoms with Gasteiger partial charge >= 0.3 is 6.09 Å². The predicted molar refractivity (Wildman–Crippen MR) is 170 cm³/mol. The molecule has 3 aromatic rings. The number of amides is 1. The van der Waals surface area contributed by atoms with Crippen molar-refractivity contribution in [3.8, 4) is 22.8 Å². The highest BCUT2D eigenvalue weighted by atomic mass is 79.9. The van der Waals surface area contributed by atoms with E-state index in [0.29, 0.717) is 6.73 Å². The van der Waals surface area contributed by atoms with Crippen LogP contribution in [-0.2, 0) is 22.7 Å². The van der Waals surface area contributed by atoms with E-state index in [1.807, 2.05) is 45.3 Å². The van der Waals surface area contributed by atoms with E-state index in [9.17, 15) is 4.79 Å². The second kappa shape index (κ2) is 13.6. The minimum Gasteiger partial charge on any atom is -0.444 e. The highest BCUT2D eigenvalue weighted by molar-refractivity contribution is 9.10. The number of piperidine rings is 1. The molecule has 1 aliphatic heterocycles. The summed E-state index contributed by atoms with van der Waals surface area (Å²) in [6.07, 6.45) is 5.39. The highest BCUT2D eigenvalue weighted by Crippen LogP contribution is 2.28. The van der Waals surface area contributed by atoms with Crippen molar-refractivity contribution in [2.45, 2.75) is 84.2 Å². The number of aromatic nitrogens is 3. The number of likely N-dealkylation sites (tertiary alicyclic amines) is 1. The molecule has 0 bridgehead atoms. The summed E-state index contributed by atoms with van der Waals surface area (Å²) < 4.78 is 14.8. The molecule has 0 spiro atoms. The van der Waals surface area contributed by atoms with Crippen LogP contribution < -0.4 is 5.32 Å². The maximum atomic E-state index is 12.3. The van der Waals surface area contributed by atoms with Crippen LogP contribution >= 0.6 is 15.9 Å². The number of hydrogen-bond donors (Lipinski definition) is 1. The van der Waals surface area contributed by atoms with Crippen molar-refractivity contribution in [2.75, 3.05) is 19.7 Å². The Balaban J connectivity index is 1.50. The van der Waals surface area contributed by atoms with Crippen LogP contribution in [0.4, 0.5) is 4.79 Å². The third kappa shape index (κ3) is 9.77. The maximum Gasteiger partial charge on any atom is 0.407 e. The van der Waals surface area contributed by atoms with Crippen LogP contribution in [0.3, 0.4) is 0 Å². The van der Waals surface area contributed by atoms with Gasteiger partial charge in [0.15, 0.2) is 5.82 Å². The Labute approximate surface area is 254 Å². The van der Waals surface area contributed by atoms with Gasteiger partial charge in [-0.1, -0.05) is 47.7 Å². The first-order chi connectivity index (χ1) is 19.4. The zero-order chi connectivity index (χ0) is 29.6. The van der Waals surface area contributed by atoms with Gasteiger partial charge in [-0.2, -0.15) is 0 Å². The van der Waals surface area contributed by atoms with Crippen molar-refractivity contribution in [3.05, 3.63) is 58.8 Å². The van der Waals surface area contributed by atoms with Gasteiger partial charge in [-0.25, -0.2) is 9.78 Å². The molecule has 41 heavy (non-hydrogen) atoms. The molecule has 0 saturated carbocycles. The number of benzene rings is 1. The molecule has 0 radical (unpaired) electrons. The molecule has 2 aromatic heterocycles. The maximum absolute atomic E-state index is 12.3. The summed E-state index contributed by atoms with van der Waals surface area (Å²) in [4.78, 5) is 24.2. The molecule has 0 aliphatic carbocycles. The van der Waals surface area contributed by atoms with Crippen LogP contribution in [0.1, 0.15) is 39.2 Å². The Bertz CT molecular complexity index is 1300. The first-order valence-corrected chi connectivity index (χ1v) is 18.9. The van der Waals surface area contributed by atoms with Crippen LogP contribution in [0, 0.1) is 0 Å². The largest absolute Gasteiger partial charge is 0.444 e. The molecule has 222 valence electrons. The van der Waals surface area contributed by atoms with E-state index in [1.54, 1.807) is 0 Å². The fourth-order valence-corrected chi connectivity index (χ4v) is 5.86. The van der Waals surface area contributed by atoms with Crippen LogP contribution in [0.5, 0.6) is 0 Å². The van der Waals surface area contributed by atoms with Crippen molar-refractivity contribution in [1.82, 2.24) is 24.8 Å². The summed E-state index contributed by atoms with van der Waals surface area (Å²) in [7, 11) is -1.20. The topological polar surface area (TPSA) is 81.5 Å². The molecule has 1 amide bonds. The van der Waals surface area contributed by atoms with Crippen LogP contribution in [-0.4, -0.2) is 64.9 Å². The molecule has 1 aliphatic rings. The number of rotatable bonds is 10. The van der Waals surface area contributed by atoms with E-state index in [4.69, 9.17) is 19.4 Å². The SMILES string of the molecule is CC(C)(C)OC(=O)N[C@@H]1CCCN(Cc2ccnc(-c3ncc(-c4ccc(Br)cc4)n3COCC[Si](C)(C)C)c2)C1. The van der Waals surface area contributed by atoms with E-state index in [1.165, 1.54) is 0 Å². The monoisotopic (exact) mass is 641 g/mol. The van der Waals surface area contributed by atoms with Gasteiger partial charge in [0.25, 0.3) is 0 Å². The lowest BCUT2D eigenvalue weighted by molar-refractivity contribution is 0.0470. The molecule has 3 heterocycles. The number of nitrogens with zero attached hydrogens (tertiary/aromatic N) is 4. The van der Waals surface area contributed by atoms with Gasteiger partial charge in [-0.3, -0.25) is 14.5 Å². The van der Waals surface area contributed by atoms with Gasteiger partial charge in [-0.15, -0.1) is 0 Å².